The summed E-state index contributed by atoms with van der Waals surface area (Å²) in [6.07, 6.45) is 0. The molecule has 3 aromatic rings. The van der Waals surface area contributed by atoms with Crippen LogP contribution >= 0.6 is 22.9 Å². The van der Waals surface area contributed by atoms with Gasteiger partial charge in [-0.15, -0.1) is 0 Å². The molecular formula is C20H18ClFN2O4S. The predicted molar refractivity (Wildman–Crippen MR) is 109 cm³/mol. The van der Waals surface area contributed by atoms with Crippen LogP contribution in [0, 0.1) is 26.6 Å². The van der Waals surface area contributed by atoms with Gasteiger partial charge in [0.15, 0.2) is 6.61 Å². The number of Topliss-reactive ketones (excluding diaryl/α,β-unsaturated/α-hetero) is 1. The number of hydrogen-bond donors (Lipinski definition) is 0. The third kappa shape index (κ3) is 4.33. The number of rotatable bonds is 6. The van der Waals surface area contributed by atoms with Crippen molar-refractivity contribution in [1.29, 1.82) is 0 Å². The number of ketones is 1. The van der Waals surface area contributed by atoms with Crippen LogP contribution in [0.1, 0.15) is 27.4 Å². The molecule has 6 nitrogen and oxygen atoms in total. The lowest BCUT2D eigenvalue weighted by Crippen LogP contribution is -2.24. The van der Waals surface area contributed by atoms with E-state index in [1.54, 1.807) is 42.9 Å². The molecule has 9 heteroatoms. The maximum atomic E-state index is 13.4. The Morgan fingerprint density at radius 3 is 2.52 bits per heavy atom. The van der Waals surface area contributed by atoms with Crippen molar-refractivity contribution in [3.63, 3.8) is 0 Å². The smallest absolute Gasteiger partial charge is 0.326 e. The van der Waals surface area contributed by atoms with Gasteiger partial charge in [0.05, 0.1) is 5.02 Å². The van der Waals surface area contributed by atoms with Crippen LogP contribution in [0.2, 0.25) is 5.02 Å². The minimum absolute atomic E-state index is 0.0178. The number of carbonyl (C=O) groups is 2. The van der Waals surface area contributed by atoms with Gasteiger partial charge in [0.2, 0.25) is 5.78 Å². The van der Waals surface area contributed by atoms with E-state index in [0.29, 0.717) is 22.6 Å². The van der Waals surface area contributed by atoms with Gasteiger partial charge in [-0.25, -0.2) is 4.39 Å². The summed E-state index contributed by atoms with van der Waals surface area (Å²) in [4.78, 5) is 36.0. The Labute approximate surface area is 175 Å². The summed E-state index contributed by atoms with van der Waals surface area (Å²) in [6, 6.07) is 5.98. The SMILES string of the molecule is Cc1cc(C(=O)COC(=O)Cn2c(C)csc2=O)c(C)n1-c1ccc(F)c(Cl)c1. The fourth-order valence-electron chi connectivity index (χ4n) is 3.06. The van der Waals surface area contributed by atoms with Crippen molar-refractivity contribution in [1.82, 2.24) is 9.13 Å². The second-order valence-electron chi connectivity index (χ2n) is 6.53. The van der Waals surface area contributed by atoms with Crippen LogP contribution in [0.3, 0.4) is 0 Å². The summed E-state index contributed by atoms with van der Waals surface area (Å²) >= 11 is 6.86. The highest BCUT2D eigenvalue weighted by atomic mass is 35.5. The average molecular weight is 437 g/mol. The van der Waals surface area contributed by atoms with Crippen molar-refractivity contribution in [3.8, 4) is 5.69 Å². The zero-order valence-corrected chi connectivity index (χ0v) is 17.6. The Balaban J connectivity index is 1.74. The van der Waals surface area contributed by atoms with E-state index in [-0.39, 0.29) is 22.2 Å². The highest BCUT2D eigenvalue weighted by Crippen LogP contribution is 2.25. The third-order valence-corrected chi connectivity index (χ3v) is 5.69. The van der Waals surface area contributed by atoms with Crippen LogP contribution in [0.4, 0.5) is 4.39 Å². The van der Waals surface area contributed by atoms with Crippen LogP contribution in [0.25, 0.3) is 5.69 Å². The number of halogens is 2. The van der Waals surface area contributed by atoms with Gasteiger partial charge in [-0.05, 0) is 45.0 Å². The molecule has 2 aromatic heterocycles. The quantitative estimate of drug-likeness (QED) is 0.435. The van der Waals surface area contributed by atoms with Crippen molar-refractivity contribution < 1.29 is 18.7 Å². The monoisotopic (exact) mass is 436 g/mol. The molecule has 0 amide bonds. The molecule has 29 heavy (non-hydrogen) atoms. The van der Waals surface area contributed by atoms with E-state index in [1.807, 2.05) is 0 Å². The first-order valence-electron chi connectivity index (χ1n) is 8.67. The molecule has 1 aromatic carbocycles. The molecule has 0 radical (unpaired) electrons. The van der Waals surface area contributed by atoms with E-state index in [1.165, 1.54) is 16.7 Å². The molecule has 0 aliphatic heterocycles. The van der Waals surface area contributed by atoms with E-state index in [4.69, 9.17) is 16.3 Å². The van der Waals surface area contributed by atoms with Gasteiger partial charge < -0.3 is 9.30 Å². The van der Waals surface area contributed by atoms with Crippen molar-refractivity contribution in [2.45, 2.75) is 27.3 Å². The van der Waals surface area contributed by atoms with E-state index in [9.17, 15) is 18.8 Å². The standard InChI is InChI=1S/C20H18ClFN2O4S/c1-11-6-15(13(3)24(11)14-4-5-17(22)16(21)7-14)18(25)9-28-19(26)8-23-12(2)10-29-20(23)27/h4-7,10H,8-9H2,1-3H3. The molecule has 0 unspecified atom stereocenters. The molecule has 0 spiro atoms. The summed E-state index contributed by atoms with van der Waals surface area (Å²) in [5.74, 6) is -1.57. The molecule has 0 aliphatic carbocycles. The molecule has 0 fully saturated rings. The first-order chi connectivity index (χ1) is 13.7. The molecular weight excluding hydrogens is 419 g/mol. The number of aryl methyl sites for hydroxylation is 2. The normalized spacial score (nSPS) is 10.9. The minimum Gasteiger partial charge on any atom is -0.456 e. The van der Waals surface area contributed by atoms with Gasteiger partial charge in [-0.1, -0.05) is 22.9 Å². The van der Waals surface area contributed by atoms with E-state index in [0.717, 1.165) is 17.0 Å². The van der Waals surface area contributed by atoms with E-state index >= 15 is 0 Å². The molecule has 0 saturated carbocycles. The van der Waals surface area contributed by atoms with Crippen LogP contribution in [-0.4, -0.2) is 27.5 Å². The summed E-state index contributed by atoms with van der Waals surface area (Å²) < 4.78 is 21.6. The minimum atomic E-state index is -0.666. The Morgan fingerprint density at radius 1 is 1.17 bits per heavy atom. The molecule has 0 atom stereocenters. The highest BCUT2D eigenvalue weighted by molar-refractivity contribution is 7.07. The molecule has 3 rings (SSSR count). The summed E-state index contributed by atoms with van der Waals surface area (Å²) in [5.41, 5.74) is 3.04. The number of nitrogens with zero attached hydrogens (tertiary/aromatic N) is 2. The van der Waals surface area contributed by atoms with Gasteiger partial charge in [0, 0.05) is 33.7 Å². The lowest BCUT2D eigenvalue weighted by atomic mass is 10.1. The van der Waals surface area contributed by atoms with Crippen molar-refractivity contribution in [2.75, 3.05) is 6.61 Å². The third-order valence-electron chi connectivity index (χ3n) is 4.52. The number of ether oxygens (including phenoxy) is 1. The maximum Gasteiger partial charge on any atom is 0.326 e. The Morgan fingerprint density at radius 2 is 1.90 bits per heavy atom. The fourth-order valence-corrected chi connectivity index (χ4v) is 3.97. The average Bonchev–Trinajstić information content (AvgIpc) is 3.15. The molecule has 0 saturated heterocycles. The Hall–Kier alpha value is -2.71. The van der Waals surface area contributed by atoms with Gasteiger partial charge in [-0.3, -0.25) is 19.0 Å². The molecule has 0 aliphatic rings. The van der Waals surface area contributed by atoms with Gasteiger partial charge in [-0.2, -0.15) is 0 Å². The maximum absolute atomic E-state index is 13.4. The second-order valence-corrected chi connectivity index (χ2v) is 7.76. The van der Waals surface area contributed by atoms with Crippen LogP contribution in [0.5, 0.6) is 0 Å². The summed E-state index contributed by atoms with van der Waals surface area (Å²) in [5, 5.41) is 1.63. The largest absolute Gasteiger partial charge is 0.456 e. The van der Waals surface area contributed by atoms with Gasteiger partial charge in [0.1, 0.15) is 12.4 Å². The number of benzene rings is 1. The molecule has 2 heterocycles. The number of esters is 1. The first-order valence-corrected chi connectivity index (χ1v) is 9.93. The topological polar surface area (TPSA) is 70.3 Å². The second kappa shape index (κ2) is 8.34. The van der Waals surface area contributed by atoms with Gasteiger partial charge in [0.25, 0.3) is 0 Å². The zero-order chi connectivity index (χ0) is 21.3. The fraction of sp³-hybridized carbons (Fsp3) is 0.250. The van der Waals surface area contributed by atoms with E-state index < -0.39 is 18.4 Å². The number of thiazole rings is 1. The molecule has 152 valence electrons. The van der Waals surface area contributed by atoms with Crippen LogP contribution in [-0.2, 0) is 16.1 Å². The van der Waals surface area contributed by atoms with Crippen molar-refractivity contribution >= 4 is 34.7 Å². The lowest BCUT2D eigenvalue weighted by molar-refractivity contribution is -0.143. The van der Waals surface area contributed by atoms with Crippen molar-refractivity contribution in [2.24, 2.45) is 0 Å². The molecule has 0 bridgehead atoms. The Kier molecular flexibility index (Phi) is 6.04. The number of carbonyl (C=O) groups excluding carboxylic acids is 2. The summed E-state index contributed by atoms with van der Waals surface area (Å²) in [6.45, 7) is 4.58. The van der Waals surface area contributed by atoms with Crippen LogP contribution < -0.4 is 4.87 Å². The number of aromatic nitrogens is 2. The van der Waals surface area contributed by atoms with Crippen molar-refractivity contribution in [3.05, 3.63) is 72.8 Å². The lowest BCUT2D eigenvalue weighted by Gasteiger charge is -2.11. The highest BCUT2D eigenvalue weighted by Gasteiger charge is 2.19. The van der Waals surface area contributed by atoms with E-state index in [2.05, 4.69) is 0 Å². The number of hydrogen-bond acceptors (Lipinski definition) is 5. The predicted octanol–water partition coefficient (Wildman–Crippen LogP) is 3.84. The van der Waals surface area contributed by atoms with Gasteiger partial charge >= 0.3 is 10.8 Å². The Bertz CT molecular complexity index is 1160. The zero-order valence-electron chi connectivity index (χ0n) is 16.0. The molecule has 0 N–H and O–H groups in total. The first kappa shape index (κ1) is 21.0. The summed E-state index contributed by atoms with van der Waals surface area (Å²) in [7, 11) is 0. The van der Waals surface area contributed by atoms with Crippen LogP contribution in [0.15, 0.2) is 34.4 Å².